The Morgan fingerprint density at radius 2 is 1.79 bits per heavy atom. The molecule has 2 aliphatic rings. The van der Waals surface area contributed by atoms with Crippen LogP contribution in [-0.2, 0) is 15.3 Å². The maximum absolute atomic E-state index is 11.1. The number of aliphatic hydroxyl groups is 4. The van der Waals surface area contributed by atoms with Crippen molar-refractivity contribution in [1.29, 1.82) is 0 Å². The van der Waals surface area contributed by atoms with Gasteiger partial charge in [0.05, 0.1) is 23.3 Å². The Morgan fingerprint density at radius 1 is 1.14 bits per heavy atom. The Hall–Kier alpha value is -0.580. The molecule has 0 spiro atoms. The average molecular weight is 449 g/mol. The minimum atomic E-state index is -2.20. The molecule has 0 aromatic heterocycles. The van der Waals surface area contributed by atoms with Crippen LogP contribution in [0.1, 0.15) is 31.2 Å². The number of hydrogen-bond donors (Lipinski definition) is 4. The number of hydrogen-bond acceptors (Lipinski definition) is 8. The van der Waals surface area contributed by atoms with Crippen molar-refractivity contribution in [1.82, 2.24) is 0 Å². The number of benzene rings is 1. The summed E-state index contributed by atoms with van der Waals surface area (Å²) in [6, 6.07) is 4.59. The summed E-state index contributed by atoms with van der Waals surface area (Å²) < 4.78 is 17.1. The van der Waals surface area contributed by atoms with Gasteiger partial charge >= 0.3 is 0 Å². The molecule has 3 rings (SSSR count). The fourth-order valence-electron chi connectivity index (χ4n) is 3.93. The molecule has 164 valence electrons. The first-order valence-corrected chi connectivity index (χ1v) is 11.5. The molecule has 0 bridgehead atoms. The minimum Gasteiger partial charge on any atom is -0.489 e. The van der Waals surface area contributed by atoms with E-state index in [0.717, 1.165) is 25.7 Å². The van der Waals surface area contributed by atoms with Crippen molar-refractivity contribution in [2.75, 3.05) is 19.1 Å². The second-order valence-corrected chi connectivity index (χ2v) is 8.95. The summed E-state index contributed by atoms with van der Waals surface area (Å²) in [5.41, 5.74) is 0.201. The van der Waals surface area contributed by atoms with E-state index in [9.17, 15) is 20.4 Å². The number of thioether (sulfide) groups is 1. The summed E-state index contributed by atoms with van der Waals surface area (Å²) in [4.78, 5) is 0. The van der Waals surface area contributed by atoms with Crippen LogP contribution in [0.3, 0.4) is 0 Å². The lowest BCUT2D eigenvalue weighted by Crippen LogP contribution is -2.63. The Kier molecular flexibility index (Phi) is 7.72. The highest BCUT2D eigenvalue weighted by Crippen LogP contribution is 2.40. The second-order valence-electron chi connectivity index (χ2n) is 7.63. The molecule has 9 heteroatoms. The molecule has 1 aromatic rings. The SMILES string of the molecule is COC1CCC(Oc2cc([C@@]3(O)O[C@H](CSC)[C@@H](O)[C@H](O)[C@H]3O)ccc2Cl)CC1. The van der Waals surface area contributed by atoms with E-state index in [1.807, 2.05) is 6.26 Å². The van der Waals surface area contributed by atoms with Crippen molar-refractivity contribution in [2.45, 2.75) is 68.1 Å². The number of aliphatic hydroxyl groups excluding tert-OH is 3. The van der Waals surface area contributed by atoms with Crippen LogP contribution in [-0.4, -0.2) is 76.2 Å². The van der Waals surface area contributed by atoms with E-state index in [-0.39, 0.29) is 17.8 Å². The largest absolute Gasteiger partial charge is 0.489 e. The van der Waals surface area contributed by atoms with Gasteiger partial charge in [0.25, 0.3) is 0 Å². The highest BCUT2D eigenvalue weighted by atomic mass is 35.5. The van der Waals surface area contributed by atoms with E-state index in [1.165, 1.54) is 23.9 Å². The van der Waals surface area contributed by atoms with Gasteiger partial charge in [-0.3, -0.25) is 0 Å². The van der Waals surface area contributed by atoms with Crippen LogP contribution in [0.15, 0.2) is 18.2 Å². The van der Waals surface area contributed by atoms with Gasteiger partial charge in [-0.2, -0.15) is 11.8 Å². The molecule has 1 aromatic carbocycles. The Balaban J connectivity index is 1.82. The van der Waals surface area contributed by atoms with E-state index in [4.69, 9.17) is 25.8 Å². The van der Waals surface area contributed by atoms with Crippen LogP contribution in [0.4, 0.5) is 0 Å². The Morgan fingerprint density at radius 3 is 2.41 bits per heavy atom. The van der Waals surface area contributed by atoms with Gasteiger partial charge in [-0.15, -0.1) is 0 Å². The third kappa shape index (κ3) is 4.85. The van der Waals surface area contributed by atoms with Gasteiger partial charge in [-0.05, 0) is 44.1 Å². The monoisotopic (exact) mass is 448 g/mol. The van der Waals surface area contributed by atoms with E-state index in [1.54, 1.807) is 13.2 Å². The van der Waals surface area contributed by atoms with Crippen molar-refractivity contribution in [3.05, 3.63) is 28.8 Å². The summed E-state index contributed by atoms with van der Waals surface area (Å²) in [6.45, 7) is 0. The fourth-order valence-corrected chi connectivity index (χ4v) is 4.68. The summed E-state index contributed by atoms with van der Waals surface area (Å²) >= 11 is 7.69. The maximum atomic E-state index is 11.1. The first-order valence-electron chi connectivity index (χ1n) is 9.73. The second kappa shape index (κ2) is 9.70. The predicted molar refractivity (Wildman–Crippen MR) is 110 cm³/mol. The zero-order valence-electron chi connectivity index (χ0n) is 16.5. The molecule has 1 aliphatic heterocycles. The maximum Gasteiger partial charge on any atom is 0.222 e. The number of rotatable bonds is 6. The number of methoxy groups -OCH3 is 1. The smallest absolute Gasteiger partial charge is 0.222 e. The normalized spacial score (nSPS) is 38.0. The predicted octanol–water partition coefficient (Wildman–Crippen LogP) is 1.67. The third-order valence-corrected chi connectivity index (χ3v) is 6.68. The lowest BCUT2D eigenvalue weighted by molar-refractivity contribution is -0.350. The molecule has 5 atom stereocenters. The zero-order chi connectivity index (χ0) is 21.2. The van der Waals surface area contributed by atoms with Crippen molar-refractivity contribution in [3.8, 4) is 5.75 Å². The van der Waals surface area contributed by atoms with Crippen molar-refractivity contribution < 1.29 is 34.6 Å². The first-order chi connectivity index (χ1) is 13.8. The quantitative estimate of drug-likeness (QED) is 0.520. The van der Waals surface area contributed by atoms with Gasteiger partial charge in [-0.25, -0.2) is 0 Å². The van der Waals surface area contributed by atoms with Crippen molar-refractivity contribution in [2.24, 2.45) is 0 Å². The summed E-state index contributed by atoms with van der Waals surface area (Å²) in [6.07, 6.45) is 0.00874. The lowest BCUT2D eigenvalue weighted by Gasteiger charge is -2.46. The molecular formula is C20H29ClO7S. The highest BCUT2D eigenvalue weighted by Gasteiger charge is 2.53. The fraction of sp³-hybridized carbons (Fsp3) is 0.700. The van der Waals surface area contributed by atoms with E-state index in [2.05, 4.69) is 0 Å². The van der Waals surface area contributed by atoms with Crippen molar-refractivity contribution >= 4 is 23.4 Å². The molecule has 2 fully saturated rings. The van der Waals surface area contributed by atoms with Crippen molar-refractivity contribution in [3.63, 3.8) is 0 Å². The van der Waals surface area contributed by atoms with E-state index in [0.29, 0.717) is 16.5 Å². The molecule has 0 amide bonds. The topological polar surface area (TPSA) is 109 Å². The molecule has 0 unspecified atom stereocenters. The molecule has 1 saturated heterocycles. The third-order valence-electron chi connectivity index (χ3n) is 5.71. The van der Waals surface area contributed by atoms with Gasteiger partial charge < -0.3 is 34.6 Å². The van der Waals surface area contributed by atoms with Crippen LogP contribution >= 0.6 is 23.4 Å². The molecule has 1 aliphatic carbocycles. The zero-order valence-corrected chi connectivity index (χ0v) is 18.1. The number of halogens is 1. The molecule has 0 radical (unpaired) electrons. The van der Waals surface area contributed by atoms with Gasteiger partial charge in [0, 0.05) is 18.4 Å². The minimum absolute atomic E-state index is 0.0300. The van der Waals surface area contributed by atoms with E-state index < -0.39 is 30.2 Å². The van der Waals surface area contributed by atoms with Gasteiger partial charge in [-0.1, -0.05) is 17.7 Å². The molecule has 1 heterocycles. The van der Waals surface area contributed by atoms with Crippen LogP contribution in [0.5, 0.6) is 5.75 Å². The van der Waals surface area contributed by atoms with Crippen LogP contribution in [0, 0.1) is 0 Å². The lowest BCUT2D eigenvalue weighted by atomic mass is 9.88. The summed E-state index contributed by atoms with van der Waals surface area (Å²) in [5, 5.41) is 42.4. The van der Waals surface area contributed by atoms with Crippen LogP contribution in [0.25, 0.3) is 0 Å². The summed E-state index contributed by atoms with van der Waals surface area (Å²) in [5.74, 6) is -1.49. The highest BCUT2D eigenvalue weighted by molar-refractivity contribution is 7.98. The van der Waals surface area contributed by atoms with Gasteiger partial charge in [0.2, 0.25) is 5.79 Å². The average Bonchev–Trinajstić information content (AvgIpc) is 2.72. The van der Waals surface area contributed by atoms with Gasteiger partial charge in [0.1, 0.15) is 24.1 Å². The number of ether oxygens (including phenoxy) is 3. The van der Waals surface area contributed by atoms with Crippen LogP contribution < -0.4 is 4.74 Å². The Labute approximate surface area is 179 Å². The first kappa shape index (κ1) is 23.1. The molecule has 7 nitrogen and oxygen atoms in total. The summed E-state index contributed by atoms with van der Waals surface area (Å²) in [7, 11) is 1.71. The molecule has 29 heavy (non-hydrogen) atoms. The van der Waals surface area contributed by atoms with E-state index >= 15 is 0 Å². The molecule has 1 saturated carbocycles. The Bertz CT molecular complexity index is 685. The van der Waals surface area contributed by atoms with Gasteiger partial charge in [0.15, 0.2) is 0 Å². The molecule has 4 N–H and O–H groups in total. The van der Waals surface area contributed by atoms with Crippen LogP contribution in [0.2, 0.25) is 5.02 Å². The standard InChI is InChI=1S/C20H29ClO7S/c1-26-12-4-6-13(7-5-12)27-15-9-11(3-8-14(15)21)20(25)19(24)18(23)17(22)16(28-20)10-29-2/h3,8-9,12-13,16-19,22-25H,4-7,10H2,1-2H3/t12?,13?,16-,17-,18+,19-,20-/m1/s1. The molecular weight excluding hydrogens is 420 g/mol.